The van der Waals surface area contributed by atoms with Gasteiger partial charge in [0.05, 0.1) is 9.99 Å². The molecule has 2 rings (SSSR count). The van der Waals surface area contributed by atoms with Gasteiger partial charge in [-0.1, -0.05) is 15.9 Å². The number of aryl methyl sites for hydroxylation is 1. The molecule has 0 radical (unpaired) electrons. The Morgan fingerprint density at radius 3 is 2.50 bits per heavy atom. The van der Waals surface area contributed by atoms with Crippen LogP contribution in [0.5, 0.6) is 0 Å². The minimum Gasteiger partial charge on any atom is -0.255 e. The normalized spacial score (nSPS) is 10.9. The first kappa shape index (κ1) is 10.6. The number of aromatic nitrogens is 1. The van der Waals surface area contributed by atoms with Crippen LogP contribution in [0.4, 0.5) is 0 Å². The van der Waals surface area contributed by atoms with E-state index in [0.29, 0.717) is 0 Å². The molecule has 14 heavy (non-hydrogen) atoms. The highest BCUT2D eigenvalue weighted by Crippen LogP contribution is 2.32. The van der Waals surface area contributed by atoms with Gasteiger partial charge in [0.2, 0.25) is 0 Å². The second kappa shape index (κ2) is 3.91. The van der Waals surface area contributed by atoms with Crippen LogP contribution in [0.1, 0.15) is 5.56 Å². The molecule has 1 nitrogen and oxygen atoms in total. The van der Waals surface area contributed by atoms with Gasteiger partial charge in [-0.05, 0) is 56.5 Å². The number of nitrogens with zero attached hydrogens (tertiary/aromatic N) is 1. The lowest BCUT2D eigenvalue weighted by atomic mass is 10.1. The van der Waals surface area contributed by atoms with Crippen molar-refractivity contribution in [2.45, 2.75) is 6.92 Å². The highest BCUT2D eigenvalue weighted by atomic mass is 79.9. The number of benzene rings is 1. The van der Waals surface area contributed by atoms with Crippen LogP contribution < -0.4 is 0 Å². The lowest BCUT2D eigenvalue weighted by Crippen LogP contribution is -1.84. The Morgan fingerprint density at radius 1 is 1.07 bits per heavy atom. The molecular weight excluding hydrogens is 374 g/mol. The molecule has 0 atom stereocenters. The molecule has 0 N–H and O–H groups in total. The van der Waals surface area contributed by atoms with Crippen molar-refractivity contribution in [3.8, 4) is 0 Å². The first-order valence-corrected chi connectivity index (χ1v) is 6.37. The molecule has 72 valence electrons. The highest BCUT2D eigenvalue weighted by molar-refractivity contribution is 9.13. The zero-order valence-corrected chi connectivity index (χ0v) is 12.1. The van der Waals surface area contributed by atoms with Gasteiger partial charge in [-0.2, -0.15) is 0 Å². The van der Waals surface area contributed by atoms with Crippen LogP contribution >= 0.6 is 47.8 Å². The zero-order chi connectivity index (χ0) is 10.3. The van der Waals surface area contributed by atoms with Gasteiger partial charge in [-0.15, -0.1) is 0 Å². The molecular formula is C10H6Br3N. The Kier molecular flexibility index (Phi) is 2.96. The molecule has 1 heterocycles. The lowest BCUT2D eigenvalue weighted by molar-refractivity contribution is 1.35. The van der Waals surface area contributed by atoms with E-state index in [1.54, 1.807) is 6.20 Å². The van der Waals surface area contributed by atoms with Crippen LogP contribution in [-0.4, -0.2) is 4.98 Å². The van der Waals surface area contributed by atoms with E-state index in [1.807, 2.05) is 6.07 Å². The standard InChI is InChI=1S/C10H6Br3N/c1-5-2-6-9(3-7(5)11)14-4-8(12)10(6)13/h2-4H,1H3. The SMILES string of the molecule is Cc1cc2c(Br)c(Br)cnc2cc1Br. The molecule has 0 saturated carbocycles. The maximum Gasteiger partial charge on any atom is 0.0725 e. The molecule has 0 fully saturated rings. The third kappa shape index (κ3) is 1.75. The van der Waals surface area contributed by atoms with E-state index in [0.717, 1.165) is 24.3 Å². The van der Waals surface area contributed by atoms with E-state index in [9.17, 15) is 0 Å². The van der Waals surface area contributed by atoms with E-state index in [4.69, 9.17) is 0 Å². The van der Waals surface area contributed by atoms with Crippen molar-refractivity contribution in [2.75, 3.05) is 0 Å². The average Bonchev–Trinajstić information content (AvgIpc) is 2.15. The Labute approximate surface area is 107 Å². The average molecular weight is 380 g/mol. The summed E-state index contributed by atoms with van der Waals surface area (Å²) in [6, 6.07) is 4.14. The summed E-state index contributed by atoms with van der Waals surface area (Å²) in [5, 5.41) is 1.13. The molecule has 1 aromatic carbocycles. The fourth-order valence-corrected chi connectivity index (χ4v) is 2.33. The first-order valence-electron chi connectivity index (χ1n) is 3.99. The van der Waals surface area contributed by atoms with Gasteiger partial charge in [-0.25, -0.2) is 0 Å². The molecule has 0 bridgehead atoms. The number of halogens is 3. The molecule has 4 heteroatoms. The second-order valence-corrected chi connectivity index (χ2v) is 5.54. The van der Waals surface area contributed by atoms with Crippen LogP contribution in [-0.2, 0) is 0 Å². The van der Waals surface area contributed by atoms with Crippen LogP contribution in [0.2, 0.25) is 0 Å². The summed E-state index contributed by atoms with van der Waals surface area (Å²) >= 11 is 10.5. The lowest BCUT2D eigenvalue weighted by Gasteiger charge is -2.05. The maximum atomic E-state index is 4.34. The minimum atomic E-state index is 0.978. The molecule has 0 aliphatic heterocycles. The fourth-order valence-electron chi connectivity index (χ4n) is 1.27. The Bertz CT molecular complexity index is 508. The number of fused-ring (bicyclic) bond motifs is 1. The van der Waals surface area contributed by atoms with Crippen LogP contribution in [0, 0.1) is 6.92 Å². The van der Waals surface area contributed by atoms with Gasteiger partial charge in [0.1, 0.15) is 0 Å². The van der Waals surface area contributed by atoms with Gasteiger partial charge >= 0.3 is 0 Å². The van der Waals surface area contributed by atoms with Crippen molar-refractivity contribution in [1.29, 1.82) is 0 Å². The summed E-state index contributed by atoms with van der Waals surface area (Å²) < 4.78 is 3.12. The summed E-state index contributed by atoms with van der Waals surface area (Å²) in [6.45, 7) is 2.07. The fraction of sp³-hybridized carbons (Fsp3) is 0.100. The van der Waals surface area contributed by atoms with E-state index in [-0.39, 0.29) is 0 Å². The maximum absolute atomic E-state index is 4.34. The van der Waals surface area contributed by atoms with Gasteiger partial charge in [0, 0.05) is 20.5 Å². The largest absolute Gasteiger partial charge is 0.255 e. The van der Waals surface area contributed by atoms with Crippen LogP contribution in [0.15, 0.2) is 31.7 Å². The quantitative estimate of drug-likeness (QED) is 0.638. The molecule has 1 aromatic heterocycles. The van der Waals surface area contributed by atoms with Crippen molar-refractivity contribution in [1.82, 2.24) is 4.98 Å². The first-order chi connectivity index (χ1) is 6.59. The predicted molar refractivity (Wildman–Crippen MR) is 69.6 cm³/mol. The van der Waals surface area contributed by atoms with Gasteiger partial charge in [0.15, 0.2) is 0 Å². The van der Waals surface area contributed by atoms with Gasteiger partial charge in [0.25, 0.3) is 0 Å². The van der Waals surface area contributed by atoms with E-state index in [1.165, 1.54) is 5.56 Å². The minimum absolute atomic E-state index is 0.978. The third-order valence-corrected chi connectivity index (χ3v) is 4.88. The Balaban J connectivity index is 2.89. The van der Waals surface area contributed by atoms with Crippen molar-refractivity contribution in [2.24, 2.45) is 0 Å². The molecule has 2 aromatic rings. The van der Waals surface area contributed by atoms with Crippen molar-refractivity contribution >= 4 is 58.7 Å². The van der Waals surface area contributed by atoms with Crippen molar-refractivity contribution in [3.63, 3.8) is 0 Å². The van der Waals surface area contributed by atoms with Gasteiger partial charge < -0.3 is 0 Å². The highest BCUT2D eigenvalue weighted by Gasteiger charge is 2.06. The monoisotopic (exact) mass is 377 g/mol. The van der Waals surface area contributed by atoms with Crippen molar-refractivity contribution < 1.29 is 0 Å². The Morgan fingerprint density at radius 2 is 1.79 bits per heavy atom. The van der Waals surface area contributed by atoms with Gasteiger partial charge in [-0.3, -0.25) is 4.98 Å². The topological polar surface area (TPSA) is 12.9 Å². The Hall–Kier alpha value is 0.0700. The molecule has 0 spiro atoms. The molecule has 0 unspecified atom stereocenters. The van der Waals surface area contributed by atoms with E-state index in [2.05, 4.69) is 65.8 Å². The summed E-state index contributed by atoms with van der Waals surface area (Å²) in [5.41, 5.74) is 2.19. The van der Waals surface area contributed by atoms with E-state index < -0.39 is 0 Å². The molecule has 0 aliphatic carbocycles. The number of hydrogen-bond acceptors (Lipinski definition) is 1. The summed E-state index contributed by atoms with van der Waals surface area (Å²) in [7, 11) is 0. The third-order valence-electron chi connectivity index (χ3n) is 2.04. The number of hydrogen-bond donors (Lipinski definition) is 0. The number of pyridine rings is 1. The summed E-state index contributed by atoms with van der Waals surface area (Å²) in [5.74, 6) is 0. The van der Waals surface area contributed by atoms with E-state index >= 15 is 0 Å². The number of rotatable bonds is 0. The molecule has 0 saturated heterocycles. The van der Waals surface area contributed by atoms with Crippen LogP contribution in [0.25, 0.3) is 10.9 Å². The molecule has 0 aliphatic rings. The van der Waals surface area contributed by atoms with Crippen LogP contribution in [0.3, 0.4) is 0 Å². The molecule has 0 amide bonds. The second-order valence-electron chi connectivity index (χ2n) is 3.04. The predicted octanol–water partition coefficient (Wildman–Crippen LogP) is 4.83. The zero-order valence-electron chi connectivity index (χ0n) is 7.31. The summed E-state index contributed by atoms with van der Waals surface area (Å²) in [4.78, 5) is 4.34. The summed E-state index contributed by atoms with van der Waals surface area (Å²) in [6.07, 6.45) is 1.80. The van der Waals surface area contributed by atoms with Crippen molar-refractivity contribution in [3.05, 3.63) is 37.3 Å². The smallest absolute Gasteiger partial charge is 0.0725 e.